The first-order valence-electron chi connectivity index (χ1n) is 9.32. The standard InChI is InChI=1S/C21H20N6O3/c1-13-20-17(25-27(21(20)30)16-7-4-5-14(22)9-16)10-19(29)26(13)12-18(28)24-11-15-6-2-3-8-23-15/h2-10,25H,11-12,22H2,1H3,(H,24,28). The Morgan fingerprint density at radius 1 is 1.17 bits per heavy atom. The molecule has 1 amide bonds. The van der Waals surface area contributed by atoms with Gasteiger partial charge < -0.3 is 15.6 Å². The normalized spacial score (nSPS) is 11.0. The Morgan fingerprint density at radius 2 is 2.00 bits per heavy atom. The maximum absolute atomic E-state index is 13.0. The fourth-order valence-electron chi connectivity index (χ4n) is 3.34. The molecule has 0 bridgehead atoms. The minimum absolute atomic E-state index is 0.198. The topological polar surface area (TPSA) is 128 Å². The largest absolute Gasteiger partial charge is 0.399 e. The van der Waals surface area contributed by atoms with Gasteiger partial charge in [0.25, 0.3) is 11.1 Å². The zero-order valence-corrected chi connectivity index (χ0v) is 16.3. The van der Waals surface area contributed by atoms with E-state index in [9.17, 15) is 14.4 Å². The summed E-state index contributed by atoms with van der Waals surface area (Å²) in [6.45, 7) is 1.70. The van der Waals surface area contributed by atoms with E-state index in [2.05, 4.69) is 15.4 Å². The number of hydrogen-bond acceptors (Lipinski definition) is 5. The molecule has 0 saturated heterocycles. The average Bonchev–Trinajstić information content (AvgIpc) is 3.06. The number of fused-ring (bicyclic) bond motifs is 1. The van der Waals surface area contributed by atoms with Gasteiger partial charge in [-0.1, -0.05) is 12.1 Å². The van der Waals surface area contributed by atoms with Crippen LogP contribution in [0.4, 0.5) is 5.69 Å². The van der Waals surface area contributed by atoms with Crippen molar-refractivity contribution in [3.05, 3.63) is 86.8 Å². The van der Waals surface area contributed by atoms with Gasteiger partial charge in [0.2, 0.25) is 5.91 Å². The predicted molar refractivity (Wildman–Crippen MR) is 113 cm³/mol. The number of pyridine rings is 2. The number of aromatic amines is 1. The molecule has 0 atom stereocenters. The third kappa shape index (κ3) is 3.60. The summed E-state index contributed by atoms with van der Waals surface area (Å²) in [4.78, 5) is 42.1. The van der Waals surface area contributed by atoms with Crippen molar-refractivity contribution in [3.63, 3.8) is 0 Å². The van der Waals surface area contributed by atoms with Crippen molar-refractivity contribution in [2.75, 3.05) is 5.73 Å². The fraction of sp³-hybridized carbons (Fsp3) is 0.143. The molecule has 30 heavy (non-hydrogen) atoms. The lowest BCUT2D eigenvalue weighted by Crippen LogP contribution is -2.33. The predicted octanol–water partition coefficient (Wildman–Crippen LogP) is 1.08. The number of amides is 1. The summed E-state index contributed by atoms with van der Waals surface area (Å²) < 4.78 is 2.62. The lowest BCUT2D eigenvalue weighted by molar-refractivity contribution is -0.121. The van der Waals surface area contributed by atoms with Gasteiger partial charge in [-0.15, -0.1) is 0 Å². The molecule has 4 aromatic rings. The molecule has 0 aliphatic carbocycles. The van der Waals surface area contributed by atoms with E-state index in [4.69, 9.17) is 5.73 Å². The molecule has 9 nitrogen and oxygen atoms in total. The van der Waals surface area contributed by atoms with Crippen molar-refractivity contribution < 1.29 is 4.79 Å². The molecule has 1 aromatic carbocycles. The summed E-state index contributed by atoms with van der Waals surface area (Å²) in [6.07, 6.45) is 1.64. The number of nitrogens with zero attached hydrogens (tertiary/aromatic N) is 3. The highest BCUT2D eigenvalue weighted by molar-refractivity contribution is 5.82. The highest BCUT2D eigenvalue weighted by Gasteiger charge is 2.16. The van der Waals surface area contributed by atoms with Crippen LogP contribution in [0.5, 0.6) is 0 Å². The van der Waals surface area contributed by atoms with Crippen molar-refractivity contribution in [3.8, 4) is 5.69 Å². The number of aromatic nitrogens is 4. The summed E-state index contributed by atoms with van der Waals surface area (Å²) in [6, 6.07) is 13.6. The number of nitrogens with two attached hydrogens (primary N) is 1. The van der Waals surface area contributed by atoms with Crippen LogP contribution < -0.4 is 22.2 Å². The summed E-state index contributed by atoms with van der Waals surface area (Å²) in [7, 11) is 0. The summed E-state index contributed by atoms with van der Waals surface area (Å²) in [5, 5.41) is 6.02. The number of rotatable bonds is 5. The zero-order chi connectivity index (χ0) is 21.3. The zero-order valence-electron chi connectivity index (χ0n) is 16.3. The van der Waals surface area contributed by atoms with E-state index < -0.39 is 0 Å². The van der Waals surface area contributed by atoms with E-state index >= 15 is 0 Å². The van der Waals surface area contributed by atoms with Gasteiger partial charge in [0.15, 0.2) is 0 Å². The Morgan fingerprint density at radius 3 is 2.73 bits per heavy atom. The number of carbonyl (C=O) groups excluding carboxylic acids is 1. The fourth-order valence-corrected chi connectivity index (χ4v) is 3.34. The van der Waals surface area contributed by atoms with Gasteiger partial charge in [0.05, 0.1) is 28.8 Å². The lowest BCUT2D eigenvalue weighted by atomic mass is 10.2. The first-order chi connectivity index (χ1) is 14.4. The van der Waals surface area contributed by atoms with Gasteiger partial charge in [0.1, 0.15) is 6.54 Å². The van der Waals surface area contributed by atoms with Gasteiger partial charge >= 0.3 is 0 Å². The molecule has 0 aliphatic rings. The van der Waals surface area contributed by atoms with E-state index in [-0.39, 0.29) is 30.1 Å². The Hall–Kier alpha value is -4.14. The molecule has 0 saturated carbocycles. The van der Waals surface area contributed by atoms with Crippen LogP contribution in [0.3, 0.4) is 0 Å². The van der Waals surface area contributed by atoms with Gasteiger partial charge in [0, 0.05) is 23.6 Å². The number of H-pyrrole nitrogens is 1. The number of carbonyl (C=O) groups is 1. The number of nitrogen functional groups attached to an aromatic ring is 1. The molecule has 3 heterocycles. The maximum Gasteiger partial charge on any atom is 0.280 e. The van der Waals surface area contributed by atoms with Crippen molar-refractivity contribution in [1.29, 1.82) is 0 Å². The van der Waals surface area contributed by atoms with Crippen molar-refractivity contribution in [2.45, 2.75) is 20.0 Å². The summed E-state index contributed by atoms with van der Waals surface area (Å²) >= 11 is 0. The SMILES string of the molecule is Cc1c2c(=O)n(-c3cccc(N)c3)[nH]c2cc(=O)n1CC(=O)NCc1ccccn1. The van der Waals surface area contributed by atoms with E-state index in [0.717, 1.165) is 0 Å². The molecule has 152 valence electrons. The van der Waals surface area contributed by atoms with Crippen LogP contribution in [0.2, 0.25) is 0 Å². The van der Waals surface area contributed by atoms with Gasteiger partial charge in [-0.25, -0.2) is 4.68 Å². The first kappa shape index (κ1) is 19.2. The molecular formula is C21H20N6O3. The van der Waals surface area contributed by atoms with E-state index in [1.807, 2.05) is 6.07 Å². The van der Waals surface area contributed by atoms with Gasteiger partial charge in [-0.3, -0.25) is 24.5 Å². The van der Waals surface area contributed by atoms with Crippen LogP contribution in [0.1, 0.15) is 11.4 Å². The van der Waals surface area contributed by atoms with Crippen molar-refractivity contribution in [2.24, 2.45) is 0 Å². The van der Waals surface area contributed by atoms with E-state index in [1.165, 1.54) is 15.3 Å². The molecule has 0 spiro atoms. The molecule has 4 N–H and O–H groups in total. The Bertz CT molecular complexity index is 1350. The Labute approximate surface area is 170 Å². The quantitative estimate of drug-likeness (QED) is 0.429. The molecule has 0 radical (unpaired) electrons. The number of aryl methyl sites for hydroxylation is 1. The van der Waals surface area contributed by atoms with Crippen LogP contribution in [0.15, 0.2) is 64.3 Å². The molecule has 0 fully saturated rings. The monoisotopic (exact) mass is 404 g/mol. The second-order valence-corrected chi connectivity index (χ2v) is 6.89. The van der Waals surface area contributed by atoms with E-state index in [0.29, 0.717) is 33.7 Å². The van der Waals surface area contributed by atoms with Crippen molar-refractivity contribution >= 4 is 22.5 Å². The van der Waals surface area contributed by atoms with Gasteiger partial charge in [-0.2, -0.15) is 0 Å². The van der Waals surface area contributed by atoms with Crippen LogP contribution in [0.25, 0.3) is 16.6 Å². The first-order valence-corrected chi connectivity index (χ1v) is 9.32. The smallest absolute Gasteiger partial charge is 0.280 e. The highest BCUT2D eigenvalue weighted by atomic mass is 16.2. The summed E-state index contributed by atoms with van der Waals surface area (Å²) in [5.74, 6) is -0.350. The van der Waals surface area contributed by atoms with Crippen molar-refractivity contribution in [1.82, 2.24) is 24.6 Å². The van der Waals surface area contributed by atoms with Crippen LogP contribution in [0, 0.1) is 6.92 Å². The maximum atomic E-state index is 13.0. The molecule has 0 aliphatic heterocycles. The highest BCUT2D eigenvalue weighted by Crippen LogP contribution is 2.15. The molecule has 3 aromatic heterocycles. The van der Waals surface area contributed by atoms with Crippen LogP contribution >= 0.6 is 0 Å². The Balaban J connectivity index is 1.66. The minimum Gasteiger partial charge on any atom is -0.399 e. The minimum atomic E-state index is -0.381. The average molecular weight is 404 g/mol. The number of benzene rings is 1. The molecule has 4 rings (SSSR count). The lowest BCUT2D eigenvalue weighted by Gasteiger charge is -2.10. The molecular weight excluding hydrogens is 384 g/mol. The second-order valence-electron chi connectivity index (χ2n) is 6.89. The van der Waals surface area contributed by atoms with E-state index in [1.54, 1.807) is 49.5 Å². The third-order valence-corrected chi connectivity index (χ3v) is 4.84. The summed E-state index contributed by atoms with van der Waals surface area (Å²) in [5.41, 5.74) is 7.70. The number of nitrogens with one attached hydrogen (secondary N) is 2. The van der Waals surface area contributed by atoms with Crippen LogP contribution in [-0.2, 0) is 17.9 Å². The number of hydrogen-bond donors (Lipinski definition) is 3. The third-order valence-electron chi connectivity index (χ3n) is 4.84. The number of anilines is 1. The molecule has 0 unspecified atom stereocenters. The second kappa shape index (κ2) is 7.70. The molecule has 9 heteroatoms. The Kier molecular flexibility index (Phi) is 4.93. The van der Waals surface area contributed by atoms with Gasteiger partial charge in [-0.05, 0) is 37.3 Å². The van der Waals surface area contributed by atoms with Crippen LogP contribution in [-0.4, -0.2) is 25.2 Å².